The predicted octanol–water partition coefficient (Wildman–Crippen LogP) is 1.76. The van der Waals surface area contributed by atoms with Crippen LogP contribution in [-0.4, -0.2) is 3.21 Å². The first-order chi connectivity index (χ1) is 14.8. The Labute approximate surface area is 216 Å². The molecule has 4 saturated carbocycles. The van der Waals surface area contributed by atoms with Crippen molar-refractivity contribution in [2.45, 2.75) is 72.5 Å². The Morgan fingerprint density at radius 3 is 1.25 bits per heavy atom. The number of rotatable bonds is 2. The Morgan fingerprint density at radius 2 is 0.875 bits per heavy atom. The average molecular weight is 551 g/mol. The molecule has 174 valence electrons. The van der Waals surface area contributed by atoms with E-state index in [1.54, 1.807) is 12.8 Å². The number of hydrogen-bond donors (Lipinski definition) is 0. The first-order valence-corrected chi connectivity index (χ1v) is 17.2. The van der Waals surface area contributed by atoms with Gasteiger partial charge in [0.15, 0.2) is 0 Å². The van der Waals surface area contributed by atoms with Crippen molar-refractivity contribution >= 4 is 3.21 Å². The van der Waals surface area contributed by atoms with Crippen LogP contribution in [0.2, 0.25) is 7.25 Å². The summed E-state index contributed by atoms with van der Waals surface area (Å²) in [5.41, 5.74) is 0. The Hall–Kier alpha value is 0.293. The fraction of sp³-hybridized carbons (Fsp3) is 0.690. The van der Waals surface area contributed by atoms with Gasteiger partial charge in [0.05, 0.1) is 0 Å². The van der Waals surface area contributed by atoms with Crippen molar-refractivity contribution in [3.05, 3.63) is 48.6 Å². The molecule has 0 radical (unpaired) electrons. The van der Waals surface area contributed by atoms with E-state index in [2.05, 4.69) is 62.5 Å². The third-order valence-corrected chi connectivity index (χ3v) is 20.6. The first kappa shape index (κ1) is 25.4. The first-order valence-electron chi connectivity index (χ1n) is 13.1. The van der Waals surface area contributed by atoms with Crippen molar-refractivity contribution < 1.29 is 46.1 Å². The molecule has 0 saturated heterocycles. The largest absolute Gasteiger partial charge is 1.00 e. The van der Waals surface area contributed by atoms with Crippen LogP contribution in [0.1, 0.15) is 65.2 Å². The minimum Gasteiger partial charge on any atom is -1.00 e. The molecule has 0 aromatic carbocycles. The molecule has 32 heavy (non-hydrogen) atoms. The molecule has 0 spiro atoms. The van der Waals surface area contributed by atoms with Gasteiger partial charge in [-0.3, -0.25) is 0 Å². The van der Waals surface area contributed by atoms with Gasteiger partial charge in [0.25, 0.3) is 0 Å². The van der Waals surface area contributed by atoms with Gasteiger partial charge in [-0.05, 0) is 0 Å². The zero-order valence-corrected chi connectivity index (χ0v) is 23.8. The van der Waals surface area contributed by atoms with Gasteiger partial charge in [-0.25, -0.2) is 0 Å². The maximum absolute atomic E-state index is 2.69. The summed E-state index contributed by atoms with van der Waals surface area (Å²) in [7, 11) is 0. The van der Waals surface area contributed by atoms with Crippen LogP contribution >= 0.6 is 0 Å². The topological polar surface area (TPSA) is 0 Å². The van der Waals surface area contributed by atoms with Gasteiger partial charge in [0.2, 0.25) is 0 Å². The Bertz CT molecular complexity index is 770. The second-order valence-corrected chi connectivity index (χ2v) is 19.6. The van der Waals surface area contributed by atoms with Crippen LogP contribution in [0.15, 0.2) is 48.6 Å². The molecule has 0 amide bonds. The number of halogens is 2. The maximum Gasteiger partial charge on any atom is -1.00 e. The van der Waals surface area contributed by atoms with E-state index in [1.165, 1.54) is 38.5 Å². The molecule has 0 aromatic rings. The van der Waals surface area contributed by atoms with Crippen molar-refractivity contribution in [2.24, 2.45) is 47.3 Å². The Kier molecular flexibility index (Phi) is 8.33. The van der Waals surface area contributed by atoms with Crippen LogP contribution in [0.25, 0.3) is 0 Å². The second kappa shape index (κ2) is 10.5. The summed E-state index contributed by atoms with van der Waals surface area (Å²) in [6.45, 7) is 5.19. The van der Waals surface area contributed by atoms with Crippen LogP contribution in [0.3, 0.4) is 0 Å². The summed E-state index contributed by atoms with van der Waals surface area (Å²) in [6, 6.07) is 0. The zero-order valence-electron chi connectivity index (χ0n) is 19.8. The molecule has 0 nitrogen and oxygen atoms in total. The molecular weight excluding hydrogens is 510 g/mol. The monoisotopic (exact) mass is 548 g/mol. The van der Waals surface area contributed by atoms with E-state index < -0.39 is 21.3 Å². The van der Waals surface area contributed by atoms with Crippen LogP contribution in [-0.2, 0) is 21.3 Å². The predicted molar refractivity (Wildman–Crippen MR) is 125 cm³/mol. The van der Waals surface area contributed by atoms with Gasteiger partial charge in [-0.2, -0.15) is 0 Å². The number of allylic oxidation sites excluding steroid dienone is 8. The minimum absolute atomic E-state index is 0. The third-order valence-electron chi connectivity index (χ3n) is 10.2. The van der Waals surface area contributed by atoms with Crippen molar-refractivity contribution in [1.82, 2.24) is 0 Å². The van der Waals surface area contributed by atoms with Gasteiger partial charge in [0.1, 0.15) is 0 Å². The standard InChI is InChI=1S/2C13H17.C3H6.2ClH.Zr/c2*1-3-7-12-10(5-1)9-11-6-2-4-8-13(11)12;1-3-2;;;/h2*1,3,5,7,9-13H,2,4,6,8H2;1-2H3;2*1H;/q;;;;;+2/p-2. The molecule has 10 unspecified atom stereocenters. The second-order valence-electron chi connectivity index (χ2n) is 11.6. The van der Waals surface area contributed by atoms with E-state index in [0.29, 0.717) is 0 Å². The summed E-state index contributed by atoms with van der Waals surface area (Å²) in [6.07, 6.45) is 32.4. The summed E-state index contributed by atoms with van der Waals surface area (Å²) in [5, 5.41) is 0. The van der Waals surface area contributed by atoms with Gasteiger partial charge in [-0.1, -0.05) is 0 Å². The molecule has 10 atom stereocenters. The number of fused-ring (bicyclic) bond motifs is 6. The molecule has 6 aliphatic carbocycles. The maximum atomic E-state index is 2.69. The molecule has 6 rings (SSSR count). The molecule has 4 fully saturated rings. The van der Waals surface area contributed by atoms with E-state index in [-0.39, 0.29) is 24.8 Å². The van der Waals surface area contributed by atoms with Gasteiger partial charge >= 0.3 is 193 Å². The molecule has 6 aliphatic rings. The molecule has 3 heteroatoms. The smallest absolute Gasteiger partial charge is 1.00 e. The Morgan fingerprint density at radius 1 is 0.531 bits per heavy atom. The van der Waals surface area contributed by atoms with Crippen LogP contribution in [0.5, 0.6) is 0 Å². The van der Waals surface area contributed by atoms with E-state index in [9.17, 15) is 0 Å². The molecule has 0 aliphatic heterocycles. The van der Waals surface area contributed by atoms with E-state index in [0.717, 1.165) is 54.6 Å². The SMILES string of the molecule is C[C](C)=[Zr+2]([CH]1C2C=CC=CC2C2CCCCC21)[CH]1C2C=CC=CC2C2CCCCC21.[Cl-].[Cl-]. The van der Waals surface area contributed by atoms with Crippen molar-refractivity contribution in [2.75, 3.05) is 0 Å². The minimum atomic E-state index is -1.82. The number of hydrogen-bond acceptors (Lipinski definition) is 0. The zero-order chi connectivity index (χ0) is 20.2. The molecule has 0 N–H and O–H groups in total. The van der Waals surface area contributed by atoms with E-state index >= 15 is 0 Å². The van der Waals surface area contributed by atoms with Gasteiger partial charge in [0, 0.05) is 0 Å². The van der Waals surface area contributed by atoms with Crippen molar-refractivity contribution in [3.63, 3.8) is 0 Å². The van der Waals surface area contributed by atoms with Gasteiger partial charge < -0.3 is 24.8 Å². The van der Waals surface area contributed by atoms with E-state index in [1.807, 2.05) is 3.21 Å². The van der Waals surface area contributed by atoms with Crippen LogP contribution in [0, 0.1) is 47.3 Å². The summed E-state index contributed by atoms with van der Waals surface area (Å²) < 4.78 is 4.12. The summed E-state index contributed by atoms with van der Waals surface area (Å²) in [5.74, 6) is 7.64. The normalized spacial score (nSPS) is 44.8. The molecule has 0 bridgehead atoms. The van der Waals surface area contributed by atoms with E-state index in [4.69, 9.17) is 0 Å². The Balaban J connectivity index is 0.00000122. The summed E-state index contributed by atoms with van der Waals surface area (Å²) >= 11 is -1.82. The molecule has 0 heterocycles. The molecule has 0 aromatic heterocycles. The average Bonchev–Trinajstić information content (AvgIpc) is 3.29. The molecular formula is C29H40Cl2Zr. The van der Waals surface area contributed by atoms with Crippen LogP contribution < -0.4 is 24.8 Å². The fourth-order valence-corrected chi connectivity index (χ4v) is 21.8. The summed E-state index contributed by atoms with van der Waals surface area (Å²) in [4.78, 5) is 0. The van der Waals surface area contributed by atoms with Gasteiger partial charge in [-0.15, -0.1) is 0 Å². The van der Waals surface area contributed by atoms with Crippen molar-refractivity contribution in [3.8, 4) is 0 Å². The van der Waals surface area contributed by atoms with Crippen molar-refractivity contribution in [1.29, 1.82) is 0 Å². The quantitative estimate of drug-likeness (QED) is 0.492. The fourth-order valence-electron chi connectivity index (χ4n) is 9.42. The van der Waals surface area contributed by atoms with Crippen LogP contribution in [0.4, 0.5) is 0 Å². The third kappa shape index (κ3) is 4.03.